The highest BCUT2D eigenvalue weighted by Gasteiger charge is 2.38. The second-order valence-corrected chi connectivity index (χ2v) is 7.59. The summed E-state index contributed by atoms with van der Waals surface area (Å²) < 4.78 is 38.3. The van der Waals surface area contributed by atoms with Gasteiger partial charge in [-0.25, -0.2) is 4.98 Å². The fourth-order valence-corrected chi connectivity index (χ4v) is 4.23. The zero-order chi connectivity index (χ0) is 18.6. The van der Waals surface area contributed by atoms with Gasteiger partial charge in [0.05, 0.1) is 5.56 Å². The minimum Gasteiger partial charge on any atom is -0.427 e. The minimum atomic E-state index is -3.49. The summed E-state index contributed by atoms with van der Waals surface area (Å²) in [6.07, 6.45) is -0.214. The second-order valence-electron chi connectivity index (χ2n) is 6.69. The van der Waals surface area contributed by atoms with Gasteiger partial charge in [-0.1, -0.05) is 6.58 Å². The molecular weight excluding hydrogens is 374 g/mol. The molecule has 0 aliphatic carbocycles. The highest BCUT2D eigenvalue weighted by Crippen LogP contribution is 2.40. The Balaban J connectivity index is 1.61. The van der Waals surface area contributed by atoms with Crippen molar-refractivity contribution in [1.82, 2.24) is 15.3 Å². The summed E-state index contributed by atoms with van der Waals surface area (Å²) in [7, 11) is 0. The van der Waals surface area contributed by atoms with E-state index < -0.39 is 6.11 Å². The summed E-state index contributed by atoms with van der Waals surface area (Å²) in [5.41, 5.74) is 1.35. The van der Waals surface area contributed by atoms with Crippen LogP contribution in [0.2, 0.25) is 0 Å². The van der Waals surface area contributed by atoms with Gasteiger partial charge in [-0.3, -0.25) is 0 Å². The van der Waals surface area contributed by atoms with Crippen LogP contribution in [0.4, 0.5) is 14.8 Å². The fourth-order valence-electron chi connectivity index (χ4n) is 3.57. The number of anilines is 1. The second kappa shape index (κ2) is 6.00. The molecule has 2 unspecified atom stereocenters. The lowest BCUT2D eigenvalue weighted by Gasteiger charge is -2.47. The van der Waals surface area contributed by atoms with Crippen LogP contribution in [-0.2, 0) is 0 Å². The van der Waals surface area contributed by atoms with Gasteiger partial charge < -0.3 is 19.4 Å². The maximum absolute atomic E-state index is 13.7. The van der Waals surface area contributed by atoms with Crippen molar-refractivity contribution in [1.29, 1.82) is 0 Å². The molecule has 2 aromatic heterocycles. The van der Waals surface area contributed by atoms with Gasteiger partial charge in [-0.05, 0) is 18.6 Å². The normalized spacial score (nSPS) is 21.9. The molecule has 2 bridgehead atoms. The van der Waals surface area contributed by atoms with Crippen molar-refractivity contribution in [3.8, 4) is 16.3 Å². The van der Waals surface area contributed by atoms with Crippen molar-refractivity contribution < 1.29 is 17.9 Å². The first kappa shape index (κ1) is 16.6. The lowest BCUT2D eigenvalue weighted by atomic mass is 9.92. The first-order valence-electron chi connectivity index (χ1n) is 8.57. The first-order chi connectivity index (χ1) is 13.0. The van der Waals surface area contributed by atoms with Gasteiger partial charge in [0.2, 0.25) is 0 Å². The zero-order valence-corrected chi connectivity index (χ0v) is 15.0. The van der Waals surface area contributed by atoms with E-state index in [4.69, 9.17) is 9.15 Å². The number of thiazole rings is 1. The van der Waals surface area contributed by atoms with Crippen molar-refractivity contribution in [2.24, 2.45) is 0 Å². The van der Waals surface area contributed by atoms with Crippen LogP contribution in [0, 0.1) is 0 Å². The van der Waals surface area contributed by atoms with Crippen LogP contribution in [0.25, 0.3) is 21.7 Å². The van der Waals surface area contributed by atoms with E-state index in [1.54, 1.807) is 12.3 Å². The van der Waals surface area contributed by atoms with E-state index in [0.717, 1.165) is 24.5 Å². The van der Waals surface area contributed by atoms with Crippen LogP contribution in [0.3, 0.4) is 0 Å². The predicted molar refractivity (Wildman–Crippen MR) is 98.4 cm³/mol. The maximum atomic E-state index is 13.7. The van der Waals surface area contributed by atoms with E-state index >= 15 is 0 Å². The molecule has 0 amide bonds. The number of hydrogen-bond donors (Lipinski definition) is 1. The molecule has 3 aliphatic heterocycles. The Morgan fingerprint density at radius 3 is 2.81 bits per heavy atom. The summed E-state index contributed by atoms with van der Waals surface area (Å²) in [5, 5.41) is 6.02. The van der Waals surface area contributed by atoms with E-state index in [2.05, 4.69) is 21.9 Å². The van der Waals surface area contributed by atoms with Crippen LogP contribution in [-0.4, -0.2) is 41.2 Å². The van der Waals surface area contributed by atoms with Gasteiger partial charge in [0.15, 0.2) is 16.8 Å². The Morgan fingerprint density at radius 2 is 2.15 bits per heavy atom. The van der Waals surface area contributed by atoms with Crippen LogP contribution in [0.5, 0.6) is 5.75 Å². The zero-order valence-electron chi connectivity index (χ0n) is 14.2. The Kier molecular flexibility index (Phi) is 3.70. The number of halogens is 2. The number of alkyl halides is 2. The molecule has 140 valence electrons. The third-order valence-electron chi connectivity index (χ3n) is 4.83. The molecule has 3 aromatic rings. The summed E-state index contributed by atoms with van der Waals surface area (Å²) in [5.74, 6) is -0.0505. The largest absolute Gasteiger partial charge is 0.427 e. The Labute approximate surface area is 157 Å². The average Bonchev–Trinajstić information content (AvgIpc) is 3.31. The number of aromatic nitrogens is 2. The molecule has 5 heterocycles. The van der Waals surface area contributed by atoms with Gasteiger partial charge in [0, 0.05) is 42.8 Å². The number of benzene rings is 1. The van der Waals surface area contributed by atoms with E-state index in [-0.39, 0.29) is 11.3 Å². The molecule has 2 atom stereocenters. The van der Waals surface area contributed by atoms with Crippen molar-refractivity contribution in [2.45, 2.75) is 24.6 Å². The number of piperidine rings is 1. The topological polar surface area (TPSA) is 63.4 Å². The molecule has 9 heteroatoms. The van der Waals surface area contributed by atoms with E-state index in [1.807, 2.05) is 10.3 Å². The maximum Gasteiger partial charge on any atom is 0.419 e. The molecule has 6 rings (SSSR count). The minimum absolute atomic E-state index is 0.0505. The van der Waals surface area contributed by atoms with Crippen molar-refractivity contribution in [3.05, 3.63) is 36.4 Å². The van der Waals surface area contributed by atoms with E-state index in [0.29, 0.717) is 35.3 Å². The van der Waals surface area contributed by atoms with Gasteiger partial charge in [-0.15, -0.1) is 11.3 Å². The molecule has 27 heavy (non-hydrogen) atoms. The lowest BCUT2D eigenvalue weighted by Crippen LogP contribution is -2.67. The average molecular weight is 390 g/mol. The van der Waals surface area contributed by atoms with E-state index in [1.165, 1.54) is 17.4 Å². The molecule has 3 saturated heterocycles. The number of oxazole rings is 1. The van der Waals surface area contributed by atoms with Crippen LogP contribution in [0.1, 0.15) is 6.42 Å². The van der Waals surface area contributed by atoms with E-state index in [9.17, 15) is 8.78 Å². The third-order valence-corrected chi connectivity index (χ3v) is 5.64. The Morgan fingerprint density at radius 1 is 1.37 bits per heavy atom. The van der Waals surface area contributed by atoms with Crippen LogP contribution >= 0.6 is 11.3 Å². The van der Waals surface area contributed by atoms with Crippen LogP contribution in [0.15, 0.2) is 40.8 Å². The number of nitrogens with one attached hydrogen (secondary N) is 1. The quantitative estimate of drug-likeness (QED) is 0.671. The van der Waals surface area contributed by atoms with Gasteiger partial charge >= 0.3 is 6.11 Å². The standard InChI is InChI=1S/C18H16F2N4O2S/c1-2-18(19,20)26-13-4-3-12(16-21-5-6-27-16)15-14(13)23-17(25-15)24-8-10-7-11(9-24)22-10/h2-6,10-11,22H,1,7-9H2. The highest BCUT2D eigenvalue weighted by molar-refractivity contribution is 7.13. The van der Waals surface area contributed by atoms with Gasteiger partial charge in [0.1, 0.15) is 5.01 Å². The molecule has 1 N–H and O–H groups in total. The van der Waals surface area contributed by atoms with Gasteiger partial charge in [0.25, 0.3) is 6.01 Å². The summed E-state index contributed by atoms with van der Waals surface area (Å²) >= 11 is 1.44. The number of nitrogens with zero attached hydrogens (tertiary/aromatic N) is 3. The highest BCUT2D eigenvalue weighted by atomic mass is 32.1. The predicted octanol–water partition coefficient (Wildman–Crippen LogP) is 3.66. The third kappa shape index (κ3) is 2.87. The molecule has 6 nitrogen and oxygen atoms in total. The lowest BCUT2D eigenvalue weighted by molar-refractivity contribution is -0.130. The summed E-state index contributed by atoms with van der Waals surface area (Å²) in [6.45, 7) is 4.66. The van der Waals surface area contributed by atoms with Crippen molar-refractivity contribution in [2.75, 3.05) is 18.0 Å². The van der Waals surface area contributed by atoms with Crippen molar-refractivity contribution in [3.63, 3.8) is 0 Å². The summed E-state index contributed by atoms with van der Waals surface area (Å²) in [4.78, 5) is 10.8. The first-order valence-corrected chi connectivity index (χ1v) is 9.45. The molecule has 0 spiro atoms. The molecule has 0 saturated carbocycles. The van der Waals surface area contributed by atoms with Crippen molar-refractivity contribution >= 4 is 28.5 Å². The Hall–Kier alpha value is -2.52. The molecule has 1 aromatic carbocycles. The molecule has 0 radical (unpaired) electrons. The Bertz CT molecular complexity index is 988. The SMILES string of the molecule is C=CC(F)(F)Oc1ccc(-c2nccs2)c2oc(N3CC4CC(C3)N4)nc12. The summed E-state index contributed by atoms with van der Waals surface area (Å²) in [6, 6.07) is 4.38. The van der Waals surface area contributed by atoms with Crippen LogP contribution < -0.4 is 15.0 Å². The number of hydrogen-bond acceptors (Lipinski definition) is 7. The number of piperazine rings is 1. The molecule has 3 fully saturated rings. The molecule has 3 aliphatic rings. The monoisotopic (exact) mass is 390 g/mol. The number of rotatable bonds is 5. The molecular formula is C18H16F2N4O2S. The fraction of sp³-hybridized carbons (Fsp3) is 0.333. The van der Waals surface area contributed by atoms with Gasteiger partial charge in [-0.2, -0.15) is 13.8 Å². The smallest absolute Gasteiger partial charge is 0.419 e. The number of fused-ring (bicyclic) bond motifs is 3. The number of ether oxygens (including phenoxy) is 1.